The van der Waals surface area contributed by atoms with Crippen molar-refractivity contribution in [2.75, 3.05) is 6.61 Å². The molecule has 6 aromatic carbocycles. The van der Waals surface area contributed by atoms with Crippen molar-refractivity contribution in [3.63, 3.8) is 0 Å². The predicted molar refractivity (Wildman–Crippen MR) is 244 cm³/mol. The number of hydrogen-bond donors (Lipinski definition) is 18. The summed E-state index contributed by atoms with van der Waals surface area (Å²) in [4.78, 5) is 84.3. The topological polar surface area (TPSA) is 531 Å². The number of carboxylic acids is 1. The molecule has 31 heteroatoms. The third kappa shape index (κ3) is 8.40. The van der Waals surface area contributed by atoms with E-state index in [-0.39, 0.29) is 0 Å². The van der Waals surface area contributed by atoms with Gasteiger partial charge in [-0.1, -0.05) is 0 Å². The molecule has 0 unspecified atom stereocenters. The third-order valence-corrected chi connectivity index (χ3v) is 12.3. The first-order chi connectivity index (χ1) is 37.1. The minimum Gasteiger partial charge on any atom is -0.504 e. The fourth-order valence-corrected chi connectivity index (χ4v) is 8.50. The number of esters is 5. The van der Waals surface area contributed by atoms with Crippen molar-refractivity contribution in [3.8, 4) is 131 Å². The highest BCUT2D eigenvalue weighted by Gasteiger charge is 2.56. The molecule has 6 aromatic rings. The zero-order valence-corrected chi connectivity index (χ0v) is 38.5. The number of rotatable bonds is 5. The van der Waals surface area contributed by atoms with E-state index in [2.05, 4.69) is 0 Å². The van der Waals surface area contributed by atoms with E-state index in [1.807, 2.05) is 0 Å². The second kappa shape index (κ2) is 18.7. The Morgan fingerprint density at radius 2 is 0.810 bits per heavy atom. The van der Waals surface area contributed by atoms with Crippen molar-refractivity contribution < 1.29 is 154 Å². The first-order valence-corrected chi connectivity index (χ1v) is 21.7. The number of fused-ring (bicyclic) bond motifs is 9. The number of carbonyl (C=O) groups is 6. The molecule has 0 spiro atoms. The average Bonchev–Trinajstić information content (AvgIpc) is 3.54. The van der Waals surface area contributed by atoms with Gasteiger partial charge in [0.25, 0.3) is 0 Å². The number of carbonyl (C=O) groups excluding carboxylic acids is 5. The lowest BCUT2D eigenvalue weighted by Crippen LogP contribution is -2.63. The van der Waals surface area contributed by atoms with E-state index in [0.29, 0.717) is 42.5 Å². The summed E-state index contributed by atoms with van der Waals surface area (Å²) in [6.45, 7) is -1.39. The molecule has 5 atom stereocenters. The number of cyclic esters (lactones) is 1. The van der Waals surface area contributed by atoms with Crippen molar-refractivity contribution in [2.45, 2.75) is 30.7 Å². The lowest BCUT2D eigenvalue weighted by Gasteiger charge is -2.44. The number of phenolic OH excluding ortho intramolecular Hbond substituents is 17. The lowest BCUT2D eigenvalue weighted by molar-refractivity contribution is -0.282. The highest BCUT2D eigenvalue weighted by atomic mass is 16.7. The number of phenols is 17. The summed E-state index contributed by atoms with van der Waals surface area (Å²) in [6.07, 6.45) is -13.2. The third-order valence-electron chi connectivity index (χ3n) is 12.3. The van der Waals surface area contributed by atoms with Crippen LogP contribution in [0.4, 0.5) is 0 Å². The van der Waals surface area contributed by atoms with Crippen molar-refractivity contribution in [1.29, 1.82) is 0 Å². The summed E-state index contributed by atoms with van der Waals surface area (Å²) in [7, 11) is 0. The van der Waals surface area contributed by atoms with Crippen LogP contribution in [0, 0.1) is 0 Å². The maximum atomic E-state index is 14.7. The maximum Gasteiger partial charge on any atom is 0.344 e. The largest absolute Gasteiger partial charge is 0.504 e. The molecule has 3 aliphatic heterocycles. The highest BCUT2D eigenvalue weighted by Crippen LogP contribution is 2.56. The maximum absolute atomic E-state index is 14.7. The monoisotopic (exact) mass is 1100 g/mol. The molecule has 18 N–H and O–H groups in total. The summed E-state index contributed by atoms with van der Waals surface area (Å²) in [5.41, 5.74) is -11.3. The Kier molecular flexibility index (Phi) is 12.4. The van der Waals surface area contributed by atoms with E-state index in [1.165, 1.54) is 0 Å². The van der Waals surface area contributed by atoms with Gasteiger partial charge in [0.15, 0.2) is 81.2 Å². The predicted octanol–water partition coefficient (Wildman–Crippen LogP) is 2.55. The van der Waals surface area contributed by atoms with E-state index in [4.69, 9.17) is 33.2 Å². The van der Waals surface area contributed by atoms with Crippen LogP contribution in [0.2, 0.25) is 0 Å². The van der Waals surface area contributed by atoms with Gasteiger partial charge >= 0.3 is 35.8 Å². The molecule has 31 nitrogen and oxygen atoms in total. The standard InChI is InChI=1S/C48H32O31/c49-15-1-9(42(66)67)2-21(27(15)55)74-38-14(7-20(54)32(60)37(38)65)47(72)79-48-41-40(77-45(70)12-5-18(52)30(58)35(63)25(12)26-13(46(71)78-41)6-19(53)31(59)36(26)64)39-22(75-48)8-73-43(68)10-3-16(50)28(56)33(61)23(10)24-11(44(69)76-39)4-17(51)29(57)34(24)62/h1-7,22,39-41,48-65H,8H2,(H,66,67)/t22-,39-,40+,41-,48-/m1/s1. The number of carboxylic acid groups (broad SMARTS) is 1. The van der Waals surface area contributed by atoms with Crippen LogP contribution in [-0.2, 0) is 28.4 Å². The van der Waals surface area contributed by atoms with Gasteiger partial charge in [-0.3, -0.25) is 0 Å². The van der Waals surface area contributed by atoms with Crippen LogP contribution in [0.15, 0.2) is 42.5 Å². The van der Waals surface area contributed by atoms with Crippen molar-refractivity contribution in [1.82, 2.24) is 0 Å². The van der Waals surface area contributed by atoms with E-state index in [9.17, 15) is 121 Å². The Hall–Kier alpha value is -11.5. The fraction of sp³-hybridized carbons (Fsp3) is 0.125. The Labute approximate surface area is 433 Å². The highest BCUT2D eigenvalue weighted by molar-refractivity contribution is 6.10. The Morgan fingerprint density at radius 3 is 1.25 bits per heavy atom. The zero-order valence-electron chi connectivity index (χ0n) is 38.5. The molecule has 3 heterocycles. The van der Waals surface area contributed by atoms with Crippen LogP contribution in [0.3, 0.4) is 0 Å². The van der Waals surface area contributed by atoms with E-state index in [1.54, 1.807) is 0 Å². The number of ether oxygens (including phenoxy) is 7. The van der Waals surface area contributed by atoms with Gasteiger partial charge in [0.2, 0.25) is 52.6 Å². The van der Waals surface area contributed by atoms with Gasteiger partial charge in [0.1, 0.15) is 18.3 Å². The van der Waals surface area contributed by atoms with Crippen LogP contribution < -0.4 is 4.74 Å². The van der Waals surface area contributed by atoms with Gasteiger partial charge < -0.3 is 125 Å². The molecule has 0 amide bonds. The number of benzene rings is 6. The first kappa shape index (κ1) is 52.4. The van der Waals surface area contributed by atoms with Crippen molar-refractivity contribution in [2.24, 2.45) is 0 Å². The fourth-order valence-electron chi connectivity index (χ4n) is 8.50. The lowest BCUT2D eigenvalue weighted by atomic mass is 9.91. The van der Waals surface area contributed by atoms with E-state index >= 15 is 0 Å². The van der Waals surface area contributed by atoms with Gasteiger partial charge in [-0.15, -0.1) is 0 Å². The Balaban J connectivity index is 1.26. The van der Waals surface area contributed by atoms with Crippen LogP contribution >= 0.6 is 0 Å². The number of aromatic hydroxyl groups is 17. The van der Waals surface area contributed by atoms with Gasteiger partial charge in [0.05, 0.1) is 27.8 Å². The van der Waals surface area contributed by atoms with Gasteiger partial charge in [-0.25, -0.2) is 28.8 Å². The molecular formula is C48H32O31. The Morgan fingerprint density at radius 1 is 0.430 bits per heavy atom. The van der Waals surface area contributed by atoms with Gasteiger partial charge in [-0.2, -0.15) is 0 Å². The quantitative estimate of drug-likeness (QED) is 0.0670. The molecule has 0 bridgehead atoms. The molecule has 0 aliphatic carbocycles. The number of aromatic carboxylic acids is 1. The normalized spacial score (nSPS) is 18.7. The minimum atomic E-state index is -2.81. The van der Waals surface area contributed by atoms with E-state index < -0.39 is 238 Å². The van der Waals surface area contributed by atoms with Crippen molar-refractivity contribution >= 4 is 35.8 Å². The van der Waals surface area contributed by atoms with Gasteiger partial charge in [0, 0.05) is 28.3 Å². The molecule has 1 fully saturated rings. The summed E-state index contributed by atoms with van der Waals surface area (Å²) in [5, 5.41) is 192. The SMILES string of the molecule is O=C(O)c1cc(O)c(O)c(Oc2c(C(=O)O[C@H]3O[C@@H]4COC(=O)c5cc(O)c(O)c(O)c5-c5c(cc(O)c(O)c5O)C(=O)O[C@H]4[C@@H]4OC(=O)c5cc(O)c(O)c(O)c5-c5c(cc(O)c(O)c5O)C(=O)O[C@@H]34)cc(O)c(O)c2O)c1. The smallest absolute Gasteiger partial charge is 0.344 e. The molecular weight excluding hydrogens is 1070 g/mol. The molecule has 0 radical (unpaired) electrons. The molecule has 1 saturated heterocycles. The molecule has 79 heavy (non-hydrogen) atoms. The van der Waals surface area contributed by atoms with Crippen molar-refractivity contribution in [3.05, 3.63) is 75.8 Å². The summed E-state index contributed by atoms with van der Waals surface area (Å²) in [6, 6.07) is 2.82. The summed E-state index contributed by atoms with van der Waals surface area (Å²) in [5.74, 6) is -37.5. The second-order valence-corrected chi connectivity index (χ2v) is 16.9. The van der Waals surface area contributed by atoms with Crippen LogP contribution in [0.5, 0.6) is 109 Å². The Bertz CT molecular complexity index is 3730. The zero-order chi connectivity index (χ0) is 57.7. The van der Waals surface area contributed by atoms with Crippen LogP contribution in [0.25, 0.3) is 22.3 Å². The first-order valence-electron chi connectivity index (χ1n) is 21.7. The number of hydrogen-bond acceptors (Lipinski definition) is 30. The molecule has 0 saturated carbocycles. The van der Waals surface area contributed by atoms with Crippen LogP contribution in [0.1, 0.15) is 62.1 Å². The second-order valence-electron chi connectivity index (χ2n) is 16.9. The molecule has 0 aromatic heterocycles. The average molecular weight is 1100 g/mol. The molecule has 410 valence electrons. The summed E-state index contributed by atoms with van der Waals surface area (Å²) >= 11 is 0. The van der Waals surface area contributed by atoms with E-state index in [0.717, 1.165) is 0 Å². The van der Waals surface area contributed by atoms with Crippen LogP contribution in [-0.4, -0.2) is 165 Å². The van der Waals surface area contributed by atoms with Gasteiger partial charge in [-0.05, 0) is 36.4 Å². The summed E-state index contributed by atoms with van der Waals surface area (Å²) < 4.78 is 39.3. The minimum absolute atomic E-state index is 0.295. The molecule has 3 aliphatic rings. The molecule has 9 rings (SSSR count).